The van der Waals surface area contributed by atoms with Gasteiger partial charge in [-0.25, -0.2) is 0 Å². The Morgan fingerprint density at radius 1 is 1.20 bits per heavy atom. The van der Waals surface area contributed by atoms with Crippen molar-refractivity contribution in [3.8, 4) is 11.7 Å². The zero-order chi connectivity index (χ0) is 17.3. The number of hydrogen-bond donors (Lipinski definition) is 1. The van der Waals surface area contributed by atoms with Gasteiger partial charge in [-0.05, 0) is 31.0 Å². The fourth-order valence-corrected chi connectivity index (χ4v) is 3.67. The van der Waals surface area contributed by atoms with Crippen molar-refractivity contribution in [2.45, 2.75) is 19.3 Å². The quantitative estimate of drug-likeness (QED) is 0.933. The number of carbonyl (C=O) groups is 2. The second-order valence-electron chi connectivity index (χ2n) is 6.82. The first-order valence-corrected chi connectivity index (χ1v) is 8.52. The number of carbonyl (C=O) groups excluding carboxylic acids is 2. The molecule has 6 nitrogen and oxygen atoms in total. The van der Waals surface area contributed by atoms with Crippen LogP contribution in [0.25, 0.3) is 0 Å². The number of furan rings is 1. The Hall–Kier alpha value is -2.76. The van der Waals surface area contributed by atoms with Crippen molar-refractivity contribution >= 4 is 11.8 Å². The molecule has 1 N–H and O–H groups in total. The number of amides is 2. The highest BCUT2D eigenvalue weighted by molar-refractivity contribution is 5.92. The van der Waals surface area contributed by atoms with Crippen LogP contribution in [0.3, 0.4) is 0 Å². The molecule has 130 valence electrons. The van der Waals surface area contributed by atoms with E-state index in [9.17, 15) is 9.59 Å². The van der Waals surface area contributed by atoms with Crippen molar-refractivity contribution in [1.29, 1.82) is 0 Å². The van der Waals surface area contributed by atoms with E-state index < -0.39 is 0 Å². The van der Waals surface area contributed by atoms with Crippen molar-refractivity contribution in [2.75, 3.05) is 19.6 Å². The molecule has 0 saturated carbocycles. The highest BCUT2D eigenvalue weighted by atomic mass is 16.6. The molecule has 0 bridgehead atoms. The predicted molar refractivity (Wildman–Crippen MR) is 90.4 cm³/mol. The Morgan fingerprint density at radius 2 is 2.04 bits per heavy atom. The third-order valence-electron chi connectivity index (χ3n) is 4.90. The molecule has 2 aliphatic heterocycles. The average molecular weight is 340 g/mol. The summed E-state index contributed by atoms with van der Waals surface area (Å²) in [6.07, 6.45) is 2.36. The molecule has 2 aliphatic rings. The molecule has 2 amide bonds. The van der Waals surface area contributed by atoms with E-state index in [0.29, 0.717) is 37.8 Å². The van der Waals surface area contributed by atoms with Crippen molar-refractivity contribution in [2.24, 2.45) is 5.41 Å². The van der Waals surface area contributed by atoms with Crippen molar-refractivity contribution in [3.05, 3.63) is 48.2 Å². The number of rotatable bonds is 3. The molecule has 1 aromatic heterocycles. The molecule has 6 heteroatoms. The van der Waals surface area contributed by atoms with Crippen LogP contribution in [0.5, 0.6) is 11.7 Å². The molecule has 4 rings (SSSR count). The second-order valence-corrected chi connectivity index (χ2v) is 6.82. The number of likely N-dealkylation sites (tertiary alicyclic amines) is 1. The summed E-state index contributed by atoms with van der Waals surface area (Å²) < 4.78 is 11.2. The summed E-state index contributed by atoms with van der Waals surface area (Å²) >= 11 is 0. The van der Waals surface area contributed by atoms with E-state index in [1.807, 2.05) is 30.3 Å². The lowest BCUT2D eigenvalue weighted by Crippen LogP contribution is -2.47. The molecule has 25 heavy (non-hydrogen) atoms. The third-order valence-corrected chi connectivity index (χ3v) is 4.90. The highest BCUT2D eigenvalue weighted by Gasteiger charge is 2.43. The number of nitrogens with one attached hydrogen (secondary N) is 1. The van der Waals surface area contributed by atoms with Crippen molar-refractivity contribution < 1.29 is 18.7 Å². The van der Waals surface area contributed by atoms with Crippen LogP contribution < -0.4 is 10.1 Å². The molecule has 0 aliphatic carbocycles. The Labute approximate surface area is 145 Å². The molecule has 3 heterocycles. The third kappa shape index (κ3) is 3.24. The molecule has 2 saturated heterocycles. The Bertz CT molecular complexity index is 786. The summed E-state index contributed by atoms with van der Waals surface area (Å²) in [4.78, 5) is 26.1. The lowest BCUT2D eigenvalue weighted by atomic mass is 9.79. The number of nitrogens with zero attached hydrogens (tertiary/aromatic N) is 1. The number of para-hydroxylation sites is 1. The summed E-state index contributed by atoms with van der Waals surface area (Å²) in [5, 5.41) is 2.89. The van der Waals surface area contributed by atoms with Crippen LogP contribution in [-0.2, 0) is 4.79 Å². The summed E-state index contributed by atoms with van der Waals surface area (Å²) in [5.41, 5.74) is -0.124. The fraction of sp³-hybridized carbons (Fsp3) is 0.368. The number of ether oxygens (including phenoxy) is 1. The first-order chi connectivity index (χ1) is 12.1. The fourth-order valence-electron chi connectivity index (χ4n) is 3.67. The molecular weight excluding hydrogens is 320 g/mol. The van der Waals surface area contributed by atoms with Crippen LogP contribution in [0.15, 0.2) is 46.9 Å². The largest absolute Gasteiger partial charge is 0.426 e. The molecule has 2 fully saturated rings. The van der Waals surface area contributed by atoms with Gasteiger partial charge in [0, 0.05) is 37.5 Å². The topological polar surface area (TPSA) is 71.8 Å². The van der Waals surface area contributed by atoms with Gasteiger partial charge in [0.15, 0.2) is 5.76 Å². The maximum Gasteiger partial charge on any atom is 0.290 e. The maximum absolute atomic E-state index is 12.8. The van der Waals surface area contributed by atoms with Gasteiger partial charge in [0.25, 0.3) is 11.9 Å². The molecule has 0 unspecified atom stereocenters. The van der Waals surface area contributed by atoms with Crippen LogP contribution >= 0.6 is 0 Å². The lowest BCUT2D eigenvalue weighted by molar-refractivity contribution is -0.119. The van der Waals surface area contributed by atoms with E-state index in [1.54, 1.807) is 17.0 Å². The first-order valence-electron chi connectivity index (χ1n) is 8.52. The Balaban J connectivity index is 1.45. The van der Waals surface area contributed by atoms with Gasteiger partial charge in [0.1, 0.15) is 5.75 Å². The lowest BCUT2D eigenvalue weighted by Gasteiger charge is -2.38. The number of piperidine rings is 1. The molecule has 1 aromatic carbocycles. The second kappa shape index (κ2) is 6.27. The van der Waals surface area contributed by atoms with Gasteiger partial charge in [-0.15, -0.1) is 0 Å². The van der Waals surface area contributed by atoms with Crippen molar-refractivity contribution in [1.82, 2.24) is 10.2 Å². The van der Waals surface area contributed by atoms with Gasteiger partial charge in [0.05, 0.1) is 0 Å². The standard InChI is InChI=1S/C19H20N2O4/c22-16-11-19(12-20-16)9-4-10-21(13-19)18(23)15-7-8-17(25-15)24-14-5-2-1-3-6-14/h1-3,5-8H,4,9-13H2,(H,20,22)/t19-/m0/s1. The van der Waals surface area contributed by atoms with Gasteiger partial charge in [-0.3, -0.25) is 9.59 Å². The molecule has 1 atom stereocenters. The van der Waals surface area contributed by atoms with E-state index in [0.717, 1.165) is 12.8 Å². The smallest absolute Gasteiger partial charge is 0.290 e. The summed E-state index contributed by atoms with van der Waals surface area (Å²) in [6.45, 7) is 1.92. The van der Waals surface area contributed by atoms with Crippen molar-refractivity contribution in [3.63, 3.8) is 0 Å². The van der Waals surface area contributed by atoms with E-state index in [1.165, 1.54) is 0 Å². The number of benzene rings is 1. The van der Waals surface area contributed by atoms with Gasteiger partial charge in [-0.1, -0.05) is 18.2 Å². The molecule has 2 aromatic rings. The Kier molecular flexibility index (Phi) is 3.95. The normalized spacial score (nSPS) is 22.9. The number of hydrogen-bond acceptors (Lipinski definition) is 4. The van der Waals surface area contributed by atoms with Crippen LogP contribution in [-0.4, -0.2) is 36.3 Å². The molecular formula is C19H20N2O4. The van der Waals surface area contributed by atoms with E-state index in [4.69, 9.17) is 9.15 Å². The van der Waals surface area contributed by atoms with E-state index in [2.05, 4.69) is 5.32 Å². The van der Waals surface area contributed by atoms with E-state index in [-0.39, 0.29) is 23.0 Å². The minimum Gasteiger partial charge on any atom is -0.426 e. The first kappa shape index (κ1) is 15.7. The van der Waals surface area contributed by atoms with Crippen LogP contribution in [0.2, 0.25) is 0 Å². The van der Waals surface area contributed by atoms with Crippen LogP contribution in [0.4, 0.5) is 0 Å². The zero-order valence-corrected chi connectivity index (χ0v) is 13.9. The predicted octanol–water partition coefficient (Wildman–Crippen LogP) is 2.81. The van der Waals surface area contributed by atoms with Crippen LogP contribution in [0.1, 0.15) is 29.8 Å². The molecule has 1 spiro atoms. The summed E-state index contributed by atoms with van der Waals surface area (Å²) in [7, 11) is 0. The van der Waals surface area contributed by atoms with E-state index >= 15 is 0 Å². The summed E-state index contributed by atoms with van der Waals surface area (Å²) in [6, 6.07) is 12.6. The van der Waals surface area contributed by atoms with Gasteiger partial charge in [-0.2, -0.15) is 0 Å². The highest BCUT2D eigenvalue weighted by Crippen LogP contribution is 2.36. The van der Waals surface area contributed by atoms with Gasteiger partial charge >= 0.3 is 0 Å². The van der Waals surface area contributed by atoms with Gasteiger partial charge in [0.2, 0.25) is 5.91 Å². The van der Waals surface area contributed by atoms with Gasteiger partial charge < -0.3 is 19.4 Å². The monoisotopic (exact) mass is 340 g/mol. The molecule has 0 radical (unpaired) electrons. The minimum absolute atomic E-state index is 0.0749. The SMILES string of the molecule is O=C1C[C@@]2(CCCN(C(=O)c3ccc(Oc4ccccc4)o3)C2)CN1. The minimum atomic E-state index is -0.152. The van der Waals surface area contributed by atoms with Crippen LogP contribution in [0, 0.1) is 5.41 Å². The Morgan fingerprint density at radius 3 is 2.80 bits per heavy atom. The summed E-state index contributed by atoms with van der Waals surface area (Å²) in [5.74, 6) is 1.13. The zero-order valence-electron chi connectivity index (χ0n) is 13.9. The average Bonchev–Trinajstić information content (AvgIpc) is 3.22. The maximum atomic E-state index is 12.8.